The SMILES string of the molecule is COc1cccc(C2/C(=C(/O)c3cccc([N+](=O)[O-])c3)C(=O)C(=O)N2c2ccc(F)cc2)c1. The number of methoxy groups -OCH3 is 1. The normalized spacial score (nSPS) is 17.3. The van der Waals surface area contributed by atoms with Crippen molar-refractivity contribution in [1.82, 2.24) is 0 Å². The number of hydrogen-bond acceptors (Lipinski definition) is 6. The van der Waals surface area contributed by atoms with Gasteiger partial charge in [0, 0.05) is 23.4 Å². The van der Waals surface area contributed by atoms with Gasteiger partial charge in [-0.15, -0.1) is 0 Å². The molecular formula is C24H17FN2O6. The number of ether oxygens (including phenoxy) is 1. The van der Waals surface area contributed by atoms with Gasteiger partial charge >= 0.3 is 0 Å². The van der Waals surface area contributed by atoms with E-state index in [1.165, 1.54) is 37.4 Å². The first-order chi connectivity index (χ1) is 15.8. The predicted molar refractivity (Wildman–Crippen MR) is 117 cm³/mol. The molecule has 1 atom stereocenters. The molecule has 0 radical (unpaired) electrons. The van der Waals surface area contributed by atoms with Gasteiger partial charge in [0.1, 0.15) is 17.3 Å². The zero-order chi connectivity index (χ0) is 23.7. The maximum absolute atomic E-state index is 13.5. The third kappa shape index (κ3) is 3.91. The quantitative estimate of drug-likeness (QED) is 0.204. The molecule has 1 aliphatic rings. The maximum Gasteiger partial charge on any atom is 0.300 e. The highest BCUT2D eigenvalue weighted by Gasteiger charge is 2.47. The van der Waals surface area contributed by atoms with Crippen molar-refractivity contribution in [1.29, 1.82) is 0 Å². The van der Waals surface area contributed by atoms with Crippen LogP contribution >= 0.6 is 0 Å². The van der Waals surface area contributed by atoms with E-state index in [-0.39, 0.29) is 22.5 Å². The van der Waals surface area contributed by atoms with Crippen LogP contribution in [-0.2, 0) is 9.59 Å². The van der Waals surface area contributed by atoms with Crippen molar-refractivity contribution in [3.63, 3.8) is 0 Å². The van der Waals surface area contributed by atoms with Crippen LogP contribution in [0.4, 0.5) is 15.8 Å². The number of non-ortho nitro benzene ring substituents is 1. The number of hydrogen-bond donors (Lipinski definition) is 1. The van der Waals surface area contributed by atoms with Gasteiger partial charge in [-0.05, 0) is 42.0 Å². The average molecular weight is 448 g/mol. The number of nitrogens with zero attached hydrogens (tertiary/aromatic N) is 2. The molecule has 1 N–H and O–H groups in total. The highest BCUT2D eigenvalue weighted by molar-refractivity contribution is 6.51. The van der Waals surface area contributed by atoms with E-state index in [0.29, 0.717) is 11.3 Å². The Morgan fingerprint density at radius 3 is 2.42 bits per heavy atom. The Labute approximate surface area is 187 Å². The van der Waals surface area contributed by atoms with Gasteiger partial charge in [0.05, 0.1) is 23.6 Å². The highest BCUT2D eigenvalue weighted by Crippen LogP contribution is 2.43. The minimum absolute atomic E-state index is 0.00852. The number of nitro groups is 1. The number of nitro benzene ring substituents is 1. The third-order valence-electron chi connectivity index (χ3n) is 5.29. The Kier molecular flexibility index (Phi) is 5.61. The van der Waals surface area contributed by atoms with Gasteiger partial charge < -0.3 is 9.84 Å². The number of anilines is 1. The first-order valence-electron chi connectivity index (χ1n) is 9.77. The Bertz CT molecular complexity index is 1300. The van der Waals surface area contributed by atoms with Gasteiger partial charge in [-0.25, -0.2) is 4.39 Å². The van der Waals surface area contributed by atoms with Crippen molar-refractivity contribution in [3.05, 3.63) is 105 Å². The van der Waals surface area contributed by atoms with Crippen LogP contribution in [0, 0.1) is 15.9 Å². The third-order valence-corrected chi connectivity index (χ3v) is 5.29. The number of halogens is 1. The topological polar surface area (TPSA) is 110 Å². The fourth-order valence-corrected chi connectivity index (χ4v) is 3.75. The largest absolute Gasteiger partial charge is 0.507 e. The fourth-order valence-electron chi connectivity index (χ4n) is 3.75. The van der Waals surface area contributed by atoms with Crippen molar-refractivity contribution < 1.29 is 28.7 Å². The van der Waals surface area contributed by atoms with Crippen molar-refractivity contribution in [3.8, 4) is 5.75 Å². The van der Waals surface area contributed by atoms with Gasteiger partial charge in [-0.2, -0.15) is 0 Å². The van der Waals surface area contributed by atoms with E-state index in [2.05, 4.69) is 0 Å². The van der Waals surface area contributed by atoms with Gasteiger partial charge in [0.2, 0.25) is 0 Å². The molecule has 1 amide bonds. The first kappa shape index (κ1) is 21.7. The van der Waals surface area contributed by atoms with Crippen LogP contribution in [0.25, 0.3) is 5.76 Å². The number of aliphatic hydroxyl groups is 1. The van der Waals surface area contributed by atoms with E-state index in [1.807, 2.05) is 0 Å². The lowest BCUT2D eigenvalue weighted by Crippen LogP contribution is -2.29. The van der Waals surface area contributed by atoms with Crippen LogP contribution in [0.5, 0.6) is 5.75 Å². The number of aliphatic hydroxyl groups excluding tert-OH is 1. The van der Waals surface area contributed by atoms with Gasteiger partial charge in [-0.3, -0.25) is 24.6 Å². The molecule has 1 saturated heterocycles. The van der Waals surface area contributed by atoms with Crippen LogP contribution < -0.4 is 9.64 Å². The van der Waals surface area contributed by atoms with Crippen LogP contribution in [0.3, 0.4) is 0 Å². The minimum Gasteiger partial charge on any atom is -0.507 e. The molecule has 33 heavy (non-hydrogen) atoms. The van der Waals surface area contributed by atoms with Crippen molar-refractivity contribution in [2.24, 2.45) is 0 Å². The second-order valence-electron chi connectivity index (χ2n) is 7.23. The molecule has 1 heterocycles. The summed E-state index contributed by atoms with van der Waals surface area (Å²) in [5.41, 5.74) is 0.159. The predicted octanol–water partition coefficient (Wildman–Crippen LogP) is 4.37. The lowest BCUT2D eigenvalue weighted by atomic mass is 9.95. The number of Topliss-reactive ketones (excluding diaryl/α,β-unsaturated/α-hetero) is 1. The van der Waals surface area contributed by atoms with E-state index in [0.717, 1.165) is 23.1 Å². The number of carbonyl (C=O) groups excluding carboxylic acids is 2. The minimum atomic E-state index is -1.08. The summed E-state index contributed by atoms with van der Waals surface area (Å²) in [5.74, 6) is -2.54. The Balaban J connectivity index is 1.96. The summed E-state index contributed by atoms with van der Waals surface area (Å²) in [5, 5.41) is 22.2. The van der Waals surface area contributed by atoms with Crippen LogP contribution in [0.1, 0.15) is 17.2 Å². The molecule has 1 unspecified atom stereocenters. The summed E-state index contributed by atoms with van der Waals surface area (Å²) < 4.78 is 18.8. The molecule has 3 aromatic carbocycles. The van der Waals surface area contributed by atoms with Crippen LogP contribution in [0.15, 0.2) is 78.4 Å². The molecule has 4 rings (SSSR count). The monoisotopic (exact) mass is 448 g/mol. The van der Waals surface area contributed by atoms with Gasteiger partial charge in [0.15, 0.2) is 0 Å². The van der Waals surface area contributed by atoms with Crippen LogP contribution in [-0.4, -0.2) is 28.8 Å². The average Bonchev–Trinajstić information content (AvgIpc) is 3.09. The second-order valence-corrected chi connectivity index (χ2v) is 7.23. The standard InChI is InChI=1S/C24H17FN2O6/c1-33-19-7-3-4-14(13-19)21-20(22(28)15-5-2-6-18(12-15)27(31)32)23(29)24(30)26(21)17-10-8-16(25)9-11-17/h2-13,21,28H,1H3/b22-20-. The summed E-state index contributed by atoms with van der Waals surface area (Å²) >= 11 is 0. The van der Waals surface area contributed by atoms with E-state index >= 15 is 0 Å². The summed E-state index contributed by atoms with van der Waals surface area (Å²) in [6, 6.07) is 15.6. The summed E-state index contributed by atoms with van der Waals surface area (Å²) in [4.78, 5) is 37.8. The Hall–Kier alpha value is -4.53. The number of rotatable bonds is 5. The van der Waals surface area contributed by atoms with E-state index < -0.39 is 34.2 Å². The molecule has 8 nitrogen and oxygen atoms in total. The number of amides is 1. The fraction of sp³-hybridized carbons (Fsp3) is 0.0833. The Morgan fingerprint density at radius 2 is 1.76 bits per heavy atom. The molecule has 0 bridgehead atoms. The molecule has 0 aromatic heterocycles. The smallest absolute Gasteiger partial charge is 0.300 e. The van der Waals surface area contributed by atoms with Crippen LogP contribution in [0.2, 0.25) is 0 Å². The molecule has 1 aliphatic heterocycles. The van der Waals surface area contributed by atoms with E-state index in [9.17, 15) is 29.2 Å². The number of ketones is 1. The van der Waals surface area contributed by atoms with E-state index in [1.54, 1.807) is 24.3 Å². The molecule has 0 aliphatic carbocycles. The zero-order valence-electron chi connectivity index (χ0n) is 17.3. The summed E-state index contributed by atoms with van der Waals surface area (Å²) in [6.07, 6.45) is 0. The lowest BCUT2D eigenvalue weighted by Gasteiger charge is -2.25. The van der Waals surface area contributed by atoms with Crippen molar-refractivity contribution in [2.45, 2.75) is 6.04 Å². The Morgan fingerprint density at radius 1 is 1.06 bits per heavy atom. The molecule has 1 fully saturated rings. The molecular weight excluding hydrogens is 431 g/mol. The molecule has 166 valence electrons. The number of carbonyl (C=O) groups is 2. The summed E-state index contributed by atoms with van der Waals surface area (Å²) in [6.45, 7) is 0. The molecule has 0 saturated carbocycles. The highest BCUT2D eigenvalue weighted by atomic mass is 19.1. The molecule has 9 heteroatoms. The first-order valence-corrected chi connectivity index (χ1v) is 9.77. The second kappa shape index (κ2) is 8.54. The van der Waals surface area contributed by atoms with Crippen molar-refractivity contribution in [2.75, 3.05) is 12.0 Å². The number of benzene rings is 3. The van der Waals surface area contributed by atoms with Gasteiger partial charge in [0.25, 0.3) is 17.4 Å². The molecule has 3 aromatic rings. The lowest BCUT2D eigenvalue weighted by molar-refractivity contribution is -0.384. The summed E-state index contributed by atoms with van der Waals surface area (Å²) in [7, 11) is 1.46. The van der Waals surface area contributed by atoms with E-state index in [4.69, 9.17) is 4.74 Å². The van der Waals surface area contributed by atoms with Gasteiger partial charge in [-0.1, -0.05) is 24.3 Å². The van der Waals surface area contributed by atoms with Crippen molar-refractivity contribution >= 4 is 28.8 Å². The maximum atomic E-state index is 13.5. The zero-order valence-corrected chi connectivity index (χ0v) is 17.3. The molecule has 0 spiro atoms.